The SMILES string of the molecule is COCCC(C)(C)CN=C(N)Nc1ccccc1OC(F)(F)F. The Kier molecular flexibility index (Phi) is 6.68. The van der Waals surface area contributed by atoms with Crippen molar-refractivity contribution in [3.8, 4) is 5.75 Å². The number of alkyl halides is 3. The summed E-state index contributed by atoms with van der Waals surface area (Å²) in [6.45, 7) is 5.02. The summed E-state index contributed by atoms with van der Waals surface area (Å²) in [5.41, 5.74) is 5.71. The summed E-state index contributed by atoms with van der Waals surface area (Å²) < 4.78 is 46.0. The van der Waals surface area contributed by atoms with Gasteiger partial charge in [-0.3, -0.25) is 4.99 Å². The molecule has 0 saturated heterocycles. The first kappa shape index (κ1) is 19.1. The lowest BCUT2D eigenvalue weighted by atomic mass is 9.90. The lowest BCUT2D eigenvalue weighted by molar-refractivity contribution is -0.274. The van der Waals surface area contributed by atoms with Gasteiger partial charge in [0.05, 0.1) is 5.69 Å². The number of nitrogens with two attached hydrogens (primary N) is 1. The molecule has 3 N–H and O–H groups in total. The van der Waals surface area contributed by atoms with E-state index in [4.69, 9.17) is 10.5 Å². The van der Waals surface area contributed by atoms with E-state index in [-0.39, 0.29) is 22.8 Å². The van der Waals surface area contributed by atoms with Crippen LogP contribution >= 0.6 is 0 Å². The Labute approximate surface area is 133 Å². The standard InChI is InChI=1S/C15H22F3N3O2/c1-14(2,8-9-22-3)10-20-13(19)21-11-6-4-5-7-12(11)23-15(16,17)18/h4-7H,8-10H2,1-3H3,(H3,19,20,21). The maximum atomic E-state index is 12.4. The van der Waals surface area contributed by atoms with Gasteiger partial charge in [-0.1, -0.05) is 26.0 Å². The van der Waals surface area contributed by atoms with Crippen LogP contribution in [0, 0.1) is 5.41 Å². The van der Waals surface area contributed by atoms with Gasteiger partial charge in [0.1, 0.15) is 0 Å². The zero-order chi connectivity index (χ0) is 17.5. The zero-order valence-corrected chi connectivity index (χ0v) is 13.4. The van der Waals surface area contributed by atoms with Gasteiger partial charge in [0.25, 0.3) is 0 Å². The number of ether oxygens (including phenoxy) is 2. The molecule has 23 heavy (non-hydrogen) atoms. The van der Waals surface area contributed by atoms with Gasteiger partial charge in [0.2, 0.25) is 0 Å². The summed E-state index contributed by atoms with van der Waals surface area (Å²) in [6.07, 6.45) is -3.99. The number of nitrogens with one attached hydrogen (secondary N) is 1. The summed E-state index contributed by atoms with van der Waals surface area (Å²) in [4.78, 5) is 4.17. The molecule has 1 aromatic rings. The van der Waals surface area contributed by atoms with Gasteiger partial charge in [-0.2, -0.15) is 0 Å². The van der Waals surface area contributed by atoms with Gasteiger partial charge >= 0.3 is 6.36 Å². The maximum Gasteiger partial charge on any atom is 0.573 e. The largest absolute Gasteiger partial charge is 0.573 e. The highest BCUT2D eigenvalue weighted by atomic mass is 19.4. The molecule has 0 aromatic heterocycles. The van der Waals surface area contributed by atoms with Crippen LogP contribution < -0.4 is 15.8 Å². The van der Waals surface area contributed by atoms with Crippen molar-refractivity contribution in [3.63, 3.8) is 0 Å². The lowest BCUT2D eigenvalue weighted by Gasteiger charge is -2.22. The van der Waals surface area contributed by atoms with Crippen molar-refractivity contribution in [2.75, 3.05) is 25.6 Å². The number of guanidine groups is 1. The van der Waals surface area contributed by atoms with Gasteiger partial charge in [-0.05, 0) is 24.0 Å². The fourth-order valence-electron chi connectivity index (χ4n) is 1.72. The molecule has 0 unspecified atom stereocenters. The lowest BCUT2D eigenvalue weighted by Crippen LogP contribution is -2.27. The van der Waals surface area contributed by atoms with E-state index in [1.807, 2.05) is 13.8 Å². The molecule has 0 aliphatic heterocycles. The first-order valence-corrected chi connectivity index (χ1v) is 7.04. The van der Waals surface area contributed by atoms with Crippen molar-refractivity contribution < 1.29 is 22.6 Å². The maximum absolute atomic E-state index is 12.4. The molecule has 0 radical (unpaired) electrons. The Bertz CT molecular complexity index is 531. The van der Waals surface area contributed by atoms with Gasteiger partial charge in [0.15, 0.2) is 11.7 Å². The quantitative estimate of drug-likeness (QED) is 0.593. The van der Waals surface area contributed by atoms with Gasteiger partial charge < -0.3 is 20.5 Å². The predicted molar refractivity (Wildman–Crippen MR) is 83.5 cm³/mol. The van der Waals surface area contributed by atoms with E-state index in [0.717, 1.165) is 6.42 Å². The average molecular weight is 333 g/mol. The average Bonchev–Trinajstić information content (AvgIpc) is 2.44. The second-order valence-electron chi connectivity index (χ2n) is 5.78. The molecule has 1 rings (SSSR count). The van der Waals surface area contributed by atoms with E-state index < -0.39 is 6.36 Å². The molecule has 8 heteroatoms. The van der Waals surface area contributed by atoms with Crippen LogP contribution in [0.5, 0.6) is 5.75 Å². The smallest absolute Gasteiger partial charge is 0.404 e. The molecule has 0 atom stereocenters. The summed E-state index contributed by atoms with van der Waals surface area (Å²) in [5.74, 6) is -0.342. The first-order valence-electron chi connectivity index (χ1n) is 7.04. The molecule has 1 aromatic carbocycles. The molecule has 0 saturated carbocycles. The number of rotatable bonds is 7. The molecule has 0 amide bonds. The van der Waals surface area contributed by atoms with E-state index in [1.165, 1.54) is 18.2 Å². The van der Waals surface area contributed by atoms with Crippen molar-refractivity contribution in [1.29, 1.82) is 0 Å². The van der Waals surface area contributed by atoms with Crippen LogP contribution in [0.15, 0.2) is 29.3 Å². The van der Waals surface area contributed by atoms with E-state index in [9.17, 15) is 13.2 Å². The van der Waals surface area contributed by atoms with Crippen LogP contribution in [-0.2, 0) is 4.74 Å². The summed E-state index contributed by atoms with van der Waals surface area (Å²) in [6, 6.07) is 5.64. The highest BCUT2D eigenvalue weighted by molar-refractivity contribution is 5.93. The Hall–Kier alpha value is -1.96. The van der Waals surface area contributed by atoms with Gasteiger partial charge in [-0.15, -0.1) is 13.2 Å². The summed E-state index contributed by atoms with van der Waals surface area (Å²) >= 11 is 0. The number of halogens is 3. The zero-order valence-electron chi connectivity index (χ0n) is 13.4. The summed E-state index contributed by atoms with van der Waals surface area (Å²) in [7, 11) is 1.62. The Balaban J connectivity index is 2.73. The Morgan fingerprint density at radius 2 is 1.91 bits per heavy atom. The second kappa shape index (κ2) is 8.05. The minimum absolute atomic E-state index is 0.0220. The van der Waals surface area contributed by atoms with E-state index >= 15 is 0 Å². The molecule has 130 valence electrons. The number of nitrogens with zero attached hydrogens (tertiary/aromatic N) is 1. The molecule has 0 heterocycles. The van der Waals surface area contributed by atoms with Crippen LogP contribution in [-0.4, -0.2) is 32.6 Å². The fourth-order valence-corrected chi connectivity index (χ4v) is 1.72. The number of anilines is 1. The van der Waals surface area contributed by atoms with Crippen molar-refractivity contribution >= 4 is 11.6 Å². The van der Waals surface area contributed by atoms with Crippen LogP contribution in [0.3, 0.4) is 0 Å². The Morgan fingerprint density at radius 1 is 1.26 bits per heavy atom. The van der Waals surface area contributed by atoms with Crippen molar-refractivity contribution in [2.45, 2.75) is 26.6 Å². The second-order valence-corrected chi connectivity index (χ2v) is 5.78. The van der Waals surface area contributed by atoms with Crippen molar-refractivity contribution in [1.82, 2.24) is 0 Å². The molecule has 0 fully saturated rings. The van der Waals surface area contributed by atoms with Crippen LogP contribution in [0.4, 0.5) is 18.9 Å². The summed E-state index contributed by atoms with van der Waals surface area (Å²) in [5, 5.41) is 2.63. The minimum atomic E-state index is -4.77. The molecular formula is C15H22F3N3O2. The molecular weight excluding hydrogens is 311 g/mol. The first-order chi connectivity index (χ1) is 10.6. The number of hydrogen-bond acceptors (Lipinski definition) is 3. The van der Waals surface area contributed by atoms with Crippen LogP contribution in [0.1, 0.15) is 20.3 Å². The third-order valence-corrected chi connectivity index (χ3v) is 3.04. The van der Waals surface area contributed by atoms with E-state index in [1.54, 1.807) is 13.2 Å². The normalized spacial score (nSPS) is 13.0. The minimum Gasteiger partial charge on any atom is -0.404 e. The number of benzene rings is 1. The van der Waals surface area contributed by atoms with Gasteiger partial charge in [0, 0.05) is 20.3 Å². The highest BCUT2D eigenvalue weighted by Gasteiger charge is 2.32. The monoisotopic (exact) mass is 333 g/mol. The van der Waals surface area contributed by atoms with Crippen molar-refractivity contribution in [3.05, 3.63) is 24.3 Å². The molecule has 0 bridgehead atoms. The molecule has 0 spiro atoms. The van der Waals surface area contributed by atoms with Crippen LogP contribution in [0.25, 0.3) is 0 Å². The van der Waals surface area contributed by atoms with Crippen LogP contribution in [0.2, 0.25) is 0 Å². The van der Waals surface area contributed by atoms with Crippen molar-refractivity contribution in [2.24, 2.45) is 16.1 Å². The number of para-hydroxylation sites is 2. The number of hydrogen-bond donors (Lipinski definition) is 2. The molecule has 5 nitrogen and oxygen atoms in total. The molecule has 0 aliphatic carbocycles. The predicted octanol–water partition coefficient (Wildman–Crippen LogP) is 3.37. The Morgan fingerprint density at radius 3 is 2.52 bits per heavy atom. The molecule has 0 aliphatic rings. The number of aliphatic imine (C=N–C) groups is 1. The third-order valence-electron chi connectivity index (χ3n) is 3.04. The van der Waals surface area contributed by atoms with E-state index in [2.05, 4.69) is 15.0 Å². The number of methoxy groups -OCH3 is 1. The highest BCUT2D eigenvalue weighted by Crippen LogP contribution is 2.29. The fraction of sp³-hybridized carbons (Fsp3) is 0.533. The topological polar surface area (TPSA) is 68.9 Å². The third kappa shape index (κ3) is 7.73. The van der Waals surface area contributed by atoms with Gasteiger partial charge in [-0.25, -0.2) is 0 Å². The van der Waals surface area contributed by atoms with E-state index in [0.29, 0.717) is 13.2 Å².